The summed E-state index contributed by atoms with van der Waals surface area (Å²) in [6.07, 6.45) is -2.59. The second-order valence-electron chi connectivity index (χ2n) is 2.43. The van der Waals surface area contributed by atoms with Gasteiger partial charge in [0, 0.05) is 24.8 Å². The number of carbonyl (C=O) groups excluding carboxylic acids is 2. The number of aliphatic carboxylic acids is 3. The molecule has 0 amide bonds. The number of carbonyl (C=O) groups is 3. The number of hydrogen-bond donors (Lipinski definition) is 2. The standard InChI is InChI=1S/C6H8O7.Sr/c7-3(8)1-6(13,5(11)12)2-4(9)10;/h13H,1-2H2,(H,7,8)(H,9,10)(H,11,12);/q;+2/p-2. The van der Waals surface area contributed by atoms with Crippen LogP contribution < -0.4 is 10.2 Å². The summed E-state index contributed by atoms with van der Waals surface area (Å²) in [6, 6.07) is 0. The Morgan fingerprint density at radius 2 is 1.36 bits per heavy atom. The molecule has 0 unspecified atom stereocenters. The van der Waals surface area contributed by atoms with E-state index in [0.717, 1.165) is 0 Å². The van der Waals surface area contributed by atoms with Crippen LogP contribution in [0, 0.1) is 0 Å². The molecule has 0 aromatic carbocycles. The van der Waals surface area contributed by atoms with Gasteiger partial charge in [-0.1, -0.05) is 0 Å². The number of rotatable bonds is 5. The molecule has 0 aliphatic rings. The molecule has 0 heterocycles. The van der Waals surface area contributed by atoms with E-state index in [4.69, 9.17) is 10.2 Å². The largest absolute Gasteiger partial charge is 2.00 e. The van der Waals surface area contributed by atoms with Crippen molar-refractivity contribution in [2.24, 2.45) is 0 Å². The summed E-state index contributed by atoms with van der Waals surface area (Å²) in [7, 11) is 0. The monoisotopic (exact) mass is 278 g/mol. The van der Waals surface area contributed by atoms with Crippen molar-refractivity contribution in [3.8, 4) is 0 Å². The molecule has 0 saturated carbocycles. The fourth-order valence-corrected chi connectivity index (χ4v) is 0.691. The number of aliphatic hydroxyl groups is 1. The van der Waals surface area contributed by atoms with Crippen LogP contribution in [0.3, 0.4) is 0 Å². The van der Waals surface area contributed by atoms with Gasteiger partial charge < -0.3 is 30.0 Å². The van der Waals surface area contributed by atoms with Crippen LogP contribution in [0.5, 0.6) is 0 Å². The third kappa shape index (κ3) is 5.55. The van der Waals surface area contributed by atoms with Crippen LogP contribution in [0.1, 0.15) is 12.8 Å². The molecule has 0 fully saturated rings. The molecule has 0 aliphatic heterocycles. The minimum atomic E-state index is -2.86. The minimum Gasteiger partial charge on any atom is -0.550 e. The first-order valence-corrected chi connectivity index (χ1v) is 3.13. The molecule has 0 aliphatic carbocycles. The summed E-state index contributed by atoms with van der Waals surface area (Å²) in [6.45, 7) is 0. The zero-order chi connectivity index (χ0) is 10.6. The van der Waals surface area contributed by atoms with E-state index in [0.29, 0.717) is 0 Å². The van der Waals surface area contributed by atoms with E-state index in [9.17, 15) is 24.6 Å². The number of carboxylic acids is 3. The van der Waals surface area contributed by atoms with E-state index in [1.165, 1.54) is 0 Å². The first kappa shape index (κ1) is 16.3. The molecule has 7 nitrogen and oxygen atoms in total. The van der Waals surface area contributed by atoms with Crippen LogP contribution in [-0.2, 0) is 14.4 Å². The van der Waals surface area contributed by atoms with Gasteiger partial charge in [0.15, 0.2) is 5.60 Å². The van der Waals surface area contributed by atoms with Crippen LogP contribution in [0.2, 0.25) is 0 Å². The van der Waals surface area contributed by atoms with Gasteiger partial charge in [0.05, 0.1) is 0 Å². The van der Waals surface area contributed by atoms with Crippen LogP contribution in [0.15, 0.2) is 0 Å². The third-order valence-corrected chi connectivity index (χ3v) is 1.27. The van der Waals surface area contributed by atoms with Crippen molar-refractivity contribution in [3.05, 3.63) is 0 Å². The maximum absolute atomic E-state index is 10.3. The number of carboxylic acid groups (broad SMARTS) is 3. The Bertz CT molecular complexity index is 233. The first-order valence-electron chi connectivity index (χ1n) is 3.13. The maximum Gasteiger partial charge on any atom is 2.00 e. The zero-order valence-electron chi connectivity index (χ0n) is 7.06. The van der Waals surface area contributed by atoms with E-state index in [2.05, 4.69) is 0 Å². The number of hydrogen-bond acceptors (Lipinski definition) is 6. The third-order valence-electron chi connectivity index (χ3n) is 1.27. The van der Waals surface area contributed by atoms with Gasteiger partial charge in [-0.3, -0.25) is 0 Å². The molecule has 0 spiro atoms. The van der Waals surface area contributed by atoms with Gasteiger partial charge in [0.1, 0.15) is 0 Å². The maximum atomic E-state index is 10.3. The normalized spacial score (nSPS) is 10.1. The van der Waals surface area contributed by atoms with E-state index < -0.39 is 36.4 Å². The minimum absolute atomic E-state index is 0. The van der Waals surface area contributed by atoms with E-state index in [1.54, 1.807) is 0 Å². The Balaban J connectivity index is 0. The van der Waals surface area contributed by atoms with E-state index >= 15 is 0 Å². The van der Waals surface area contributed by atoms with Crippen molar-refractivity contribution >= 4 is 63.4 Å². The molecular weight excluding hydrogens is 272 g/mol. The van der Waals surface area contributed by atoms with Gasteiger partial charge in [-0.25, -0.2) is 4.79 Å². The molecule has 14 heavy (non-hydrogen) atoms. The second-order valence-corrected chi connectivity index (χ2v) is 2.43. The summed E-state index contributed by atoms with van der Waals surface area (Å²) in [5.41, 5.74) is -2.86. The van der Waals surface area contributed by atoms with Crippen molar-refractivity contribution in [1.29, 1.82) is 0 Å². The molecule has 74 valence electrons. The molecule has 0 radical (unpaired) electrons. The fourth-order valence-electron chi connectivity index (χ4n) is 0.691. The summed E-state index contributed by atoms with van der Waals surface area (Å²) >= 11 is 0. The molecule has 8 heteroatoms. The zero-order valence-corrected chi connectivity index (χ0v) is 10.5. The van der Waals surface area contributed by atoms with Gasteiger partial charge in [-0.05, 0) is 0 Å². The Kier molecular flexibility index (Phi) is 7.39. The smallest absolute Gasteiger partial charge is 0.550 e. The van der Waals surface area contributed by atoms with Crippen molar-refractivity contribution in [1.82, 2.24) is 0 Å². The Hall–Kier alpha value is -0.149. The molecule has 0 rings (SSSR count). The van der Waals surface area contributed by atoms with Crippen LogP contribution in [-0.4, -0.2) is 79.2 Å². The molecular formula is C6H6O7Sr. The van der Waals surface area contributed by atoms with Crippen LogP contribution >= 0.6 is 0 Å². The van der Waals surface area contributed by atoms with E-state index in [-0.39, 0.29) is 45.5 Å². The van der Waals surface area contributed by atoms with Gasteiger partial charge >= 0.3 is 51.5 Å². The molecule has 0 aromatic heterocycles. The molecule has 0 aromatic rings. The predicted molar refractivity (Wildman–Crippen MR) is 37.6 cm³/mol. The quantitative estimate of drug-likeness (QED) is 0.485. The average Bonchev–Trinajstić information content (AvgIpc) is 1.82. The summed E-state index contributed by atoms with van der Waals surface area (Å²) in [5.74, 6) is -5.65. The van der Waals surface area contributed by atoms with E-state index in [1.807, 2.05) is 0 Å². The van der Waals surface area contributed by atoms with Gasteiger partial charge in [0.25, 0.3) is 0 Å². The van der Waals surface area contributed by atoms with Crippen molar-refractivity contribution in [2.75, 3.05) is 0 Å². The predicted octanol–water partition coefficient (Wildman–Crippen LogP) is -4.30. The van der Waals surface area contributed by atoms with Crippen molar-refractivity contribution in [2.45, 2.75) is 18.4 Å². The summed E-state index contributed by atoms with van der Waals surface area (Å²) < 4.78 is 0. The topological polar surface area (TPSA) is 138 Å². The van der Waals surface area contributed by atoms with Crippen LogP contribution in [0.4, 0.5) is 0 Å². The van der Waals surface area contributed by atoms with Crippen molar-refractivity contribution in [3.63, 3.8) is 0 Å². The molecule has 0 saturated heterocycles. The molecule has 0 bridgehead atoms. The Morgan fingerprint density at radius 3 is 1.50 bits per heavy atom. The van der Waals surface area contributed by atoms with Gasteiger partial charge in [-0.15, -0.1) is 0 Å². The van der Waals surface area contributed by atoms with Gasteiger partial charge in [0.2, 0.25) is 0 Å². The van der Waals surface area contributed by atoms with Gasteiger partial charge in [-0.2, -0.15) is 0 Å². The molecule has 2 N–H and O–H groups in total. The SMILES string of the molecule is O=C([O-])CC(O)(CC(=O)[O-])C(=O)O.[Sr+2]. The van der Waals surface area contributed by atoms with Crippen LogP contribution in [0.25, 0.3) is 0 Å². The van der Waals surface area contributed by atoms with Crippen molar-refractivity contribution < 1.29 is 34.8 Å². The average molecular weight is 278 g/mol. The summed E-state index contributed by atoms with van der Waals surface area (Å²) in [4.78, 5) is 30.2. The first-order chi connectivity index (χ1) is 5.78. The summed E-state index contributed by atoms with van der Waals surface area (Å²) in [5, 5.41) is 37.2. The molecule has 0 atom stereocenters. The Labute approximate surface area is 116 Å². The Morgan fingerprint density at radius 1 is 1.07 bits per heavy atom. The fraction of sp³-hybridized carbons (Fsp3) is 0.500. The second kappa shape index (κ2) is 6.36.